The second-order valence-corrected chi connectivity index (χ2v) is 12.9. The van der Waals surface area contributed by atoms with Gasteiger partial charge in [-0.15, -0.1) is 0 Å². The molecule has 4 rings (SSSR count). The standard InChI is InChI=1S/C28H16F12Si/c29-25(30,31)17-5-1-9-21(13-17)41(22-10-2-6-18(14-22)26(32,33)34,23-11-3-7-19(15-23)27(35,36)37)24-12-4-8-20(16-24)28(38,39)40/h1-16H. The summed E-state index contributed by atoms with van der Waals surface area (Å²) in [4.78, 5) is 0. The molecule has 0 nitrogen and oxygen atoms in total. The molecule has 0 amide bonds. The maximum Gasteiger partial charge on any atom is 0.416 e. The van der Waals surface area contributed by atoms with E-state index < -0.39 is 55.0 Å². The van der Waals surface area contributed by atoms with Gasteiger partial charge in [-0.05, 0) is 45.0 Å². The monoisotopic (exact) mass is 608 g/mol. The van der Waals surface area contributed by atoms with E-state index in [2.05, 4.69) is 0 Å². The average molecular weight is 608 g/mol. The molecule has 0 aliphatic carbocycles. The van der Waals surface area contributed by atoms with E-state index >= 15 is 0 Å². The van der Waals surface area contributed by atoms with Crippen LogP contribution in [0.25, 0.3) is 0 Å². The molecular formula is C28H16F12Si. The quantitative estimate of drug-likeness (QED) is 0.131. The first-order chi connectivity index (χ1) is 18.8. The van der Waals surface area contributed by atoms with Crippen LogP contribution in [0.5, 0.6) is 0 Å². The van der Waals surface area contributed by atoms with Crippen molar-refractivity contribution in [2.24, 2.45) is 0 Å². The molecule has 41 heavy (non-hydrogen) atoms. The molecule has 0 aliphatic heterocycles. The summed E-state index contributed by atoms with van der Waals surface area (Å²) in [6, 6.07) is 12.8. The first-order valence-electron chi connectivity index (χ1n) is 11.6. The van der Waals surface area contributed by atoms with Crippen LogP contribution in [0.15, 0.2) is 97.1 Å². The Labute approximate surface area is 225 Å². The van der Waals surface area contributed by atoms with Gasteiger partial charge in [0.15, 0.2) is 8.07 Å². The SMILES string of the molecule is FC(F)(F)c1cccc([Si](c2cccc(C(F)(F)F)c2)(c2cccc(C(F)(F)F)c2)c2cccc(C(F)(F)F)c2)c1. The third-order valence-corrected chi connectivity index (χ3v) is 11.2. The van der Waals surface area contributed by atoms with Crippen LogP contribution in [0.3, 0.4) is 0 Å². The van der Waals surface area contributed by atoms with Gasteiger partial charge in [0.25, 0.3) is 0 Å². The van der Waals surface area contributed by atoms with Gasteiger partial charge in [-0.25, -0.2) is 0 Å². The Hall–Kier alpha value is -3.74. The summed E-state index contributed by atoms with van der Waals surface area (Å²) < 4.78 is 166. The fourth-order valence-electron chi connectivity index (χ4n) is 4.72. The molecule has 0 atom stereocenters. The minimum Gasteiger partial charge on any atom is -0.166 e. The number of rotatable bonds is 4. The number of hydrogen-bond acceptors (Lipinski definition) is 0. The van der Waals surface area contributed by atoms with E-state index in [0.29, 0.717) is 48.5 Å². The van der Waals surface area contributed by atoms with Crippen LogP contribution < -0.4 is 20.7 Å². The zero-order valence-corrected chi connectivity index (χ0v) is 21.3. The van der Waals surface area contributed by atoms with Crippen molar-refractivity contribution in [3.8, 4) is 0 Å². The Bertz CT molecular complexity index is 1310. The normalized spacial score (nSPS) is 13.4. The van der Waals surface area contributed by atoms with Crippen LogP contribution in [0, 0.1) is 0 Å². The second-order valence-electron chi connectivity index (χ2n) is 9.06. The molecule has 216 valence electrons. The molecule has 0 aromatic heterocycles. The highest BCUT2D eigenvalue weighted by Crippen LogP contribution is 2.33. The molecule has 13 heteroatoms. The Morgan fingerprint density at radius 1 is 0.317 bits per heavy atom. The predicted octanol–water partition coefficient (Wildman–Crippen LogP) is 7.14. The summed E-state index contributed by atoms with van der Waals surface area (Å²) in [5.74, 6) is 0. The second kappa shape index (κ2) is 10.3. The van der Waals surface area contributed by atoms with Gasteiger partial charge in [-0.3, -0.25) is 0 Å². The van der Waals surface area contributed by atoms with Crippen molar-refractivity contribution >= 4 is 28.8 Å². The van der Waals surface area contributed by atoms with Crippen molar-refractivity contribution in [1.29, 1.82) is 0 Å². The molecule has 0 spiro atoms. The van der Waals surface area contributed by atoms with E-state index in [9.17, 15) is 52.7 Å². The van der Waals surface area contributed by atoms with E-state index in [1.54, 1.807) is 0 Å². The van der Waals surface area contributed by atoms with Crippen molar-refractivity contribution in [3.05, 3.63) is 119 Å². The van der Waals surface area contributed by atoms with Crippen LogP contribution in [0.4, 0.5) is 52.7 Å². The molecule has 0 N–H and O–H groups in total. The molecule has 0 heterocycles. The first kappa shape index (κ1) is 30.2. The van der Waals surface area contributed by atoms with Crippen molar-refractivity contribution < 1.29 is 52.7 Å². The minimum atomic E-state index is -4.98. The number of hydrogen-bond donors (Lipinski definition) is 0. The highest BCUT2D eigenvalue weighted by atomic mass is 28.3. The van der Waals surface area contributed by atoms with Crippen LogP contribution in [0.2, 0.25) is 0 Å². The van der Waals surface area contributed by atoms with E-state index in [0.717, 1.165) is 48.5 Å². The Kier molecular flexibility index (Phi) is 7.57. The molecule has 0 aliphatic rings. The van der Waals surface area contributed by atoms with E-state index in [1.807, 2.05) is 0 Å². The molecule has 0 saturated heterocycles. The molecule has 4 aromatic carbocycles. The lowest BCUT2D eigenvalue weighted by Gasteiger charge is -2.36. The van der Waals surface area contributed by atoms with E-state index in [-0.39, 0.29) is 20.7 Å². The van der Waals surface area contributed by atoms with Crippen molar-refractivity contribution in [2.45, 2.75) is 24.7 Å². The maximum atomic E-state index is 13.8. The lowest BCUT2D eigenvalue weighted by molar-refractivity contribution is -0.138. The zero-order chi connectivity index (χ0) is 30.4. The smallest absolute Gasteiger partial charge is 0.166 e. The van der Waals surface area contributed by atoms with E-state index in [4.69, 9.17) is 0 Å². The lowest BCUT2D eigenvalue weighted by atomic mass is 10.2. The number of halogens is 12. The summed E-state index contributed by atoms with van der Waals surface area (Å²) in [6.45, 7) is 0. The Morgan fingerprint density at radius 2 is 0.512 bits per heavy atom. The van der Waals surface area contributed by atoms with Gasteiger partial charge < -0.3 is 0 Å². The molecule has 0 radical (unpaired) electrons. The third kappa shape index (κ3) is 5.99. The largest absolute Gasteiger partial charge is 0.416 e. The Balaban J connectivity index is 2.25. The molecular weight excluding hydrogens is 592 g/mol. The zero-order valence-electron chi connectivity index (χ0n) is 20.3. The molecule has 0 fully saturated rings. The lowest BCUT2D eigenvalue weighted by Crippen LogP contribution is -2.75. The highest BCUT2D eigenvalue weighted by Gasteiger charge is 2.46. The van der Waals surface area contributed by atoms with Gasteiger partial charge in [0.1, 0.15) is 0 Å². The number of alkyl halides is 12. The Morgan fingerprint density at radius 3 is 0.683 bits per heavy atom. The van der Waals surface area contributed by atoms with Crippen molar-refractivity contribution in [3.63, 3.8) is 0 Å². The predicted molar refractivity (Wildman–Crippen MR) is 130 cm³/mol. The van der Waals surface area contributed by atoms with Gasteiger partial charge in [-0.2, -0.15) is 52.7 Å². The van der Waals surface area contributed by atoms with Gasteiger partial charge in [0.2, 0.25) is 0 Å². The first-order valence-corrected chi connectivity index (χ1v) is 13.6. The van der Waals surface area contributed by atoms with Crippen LogP contribution in [0.1, 0.15) is 22.3 Å². The van der Waals surface area contributed by atoms with Gasteiger partial charge >= 0.3 is 24.7 Å². The summed E-state index contributed by atoms with van der Waals surface area (Å²) in [5, 5.41) is -1.48. The summed E-state index contributed by atoms with van der Waals surface area (Å²) in [7, 11) is -4.74. The van der Waals surface area contributed by atoms with E-state index in [1.165, 1.54) is 0 Å². The molecule has 4 aromatic rings. The van der Waals surface area contributed by atoms with Gasteiger partial charge in [-0.1, -0.05) is 72.8 Å². The summed E-state index contributed by atoms with van der Waals surface area (Å²) >= 11 is 0. The average Bonchev–Trinajstić information content (AvgIpc) is 2.88. The topological polar surface area (TPSA) is 0 Å². The molecule has 0 bridgehead atoms. The third-order valence-electron chi connectivity index (χ3n) is 6.49. The number of benzene rings is 4. The van der Waals surface area contributed by atoms with Gasteiger partial charge in [0.05, 0.1) is 22.3 Å². The maximum absolute atomic E-state index is 13.8. The highest BCUT2D eigenvalue weighted by molar-refractivity contribution is 7.19. The summed E-state index contributed by atoms with van der Waals surface area (Å²) in [5.41, 5.74) is -5.12. The molecule has 0 unspecified atom stereocenters. The minimum absolute atomic E-state index is 0.370. The summed E-state index contributed by atoms with van der Waals surface area (Å²) in [6.07, 6.45) is -19.9. The van der Waals surface area contributed by atoms with Crippen LogP contribution in [-0.4, -0.2) is 8.07 Å². The van der Waals surface area contributed by atoms with Crippen LogP contribution >= 0.6 is 0 Å². The fourth-order valence-corrected chi connectivity index (χ4v) is 9.59. The van der Waals surface area contributed by atoms with Crippen molar-refractivity contribution in [2.75, 3.05) is 0 Å². The van der Waals surface area contributed by atoms with Crippen molar-refractivity contribution in [1.82, 2.24) is 0 Å². The molecule has 0 saturated carbocycles. The van der Waals surface area contributed by atoms with Crippen LogP contribution in [-0.2, 0) is 24.7 Å². The van der Waals surface area contributed by atoms with Gasteiger partial charge in [0, 0.05) is 0 Å². The fraction of sp³-hybridized carbons (Fsp3) is 0.143.